The quantitative estimate of drug-likeness (QED) is 0.875. The van der Waals surface area contributed by atoms with Crippen molar-refractivity contribution in [2.24, 2.45) is 7.05 Å². The minimum atomic E-state index is -0.715. The summed E-state index contributed by atoms with van der Waals surface area (Å²) in [6.07, 6.45) is 1.13. The van der Waals surface area contributed by atoms with Crippen LogP contribution in [0.4, 0.5) is 10.1 Å². The first kappa shape index (κ1) is 19.0. The molecular formula is C21H27FN4O2. The van der Waals surface area contributed by atoms with Crippen LogP contribution in [0.1, 0.15) is 29.1 Å². The average molecular weight is 386 g/mol. The number of hydrogen-bond acceptors (Lipinski definition) is 4. The molecule has 1 amide bonds. The van der Waals surface area contributed by atoms with E-state index in [0.717, 1.165) is 31.9 Å². The lowest BCUT2D eigenvalue weighted by Gasteiger charge is -2.42. The molecule has 3 heterocycles. The lowest BCUT2D eigenvalue weighted by atomic mass is 10.0. The highest BCUT2D eigenvalue weighted by Crippen LogP contribution is 2.31. The van der Waals surface area contributed by atoms with Gasteiger partial charge in [0, 0.05) is 58.2 Å². The van der Waals surface area contributed by atoms with Gasteiger partial charge in [0.25, 0.3) is 5.91 Å². The highest BCUT2D eigenvalue weighted by Gasteiger charge is 2.39. The molecule has 1 N–H and O–H groups in total. The number of carbonyl (C=O) groups excluding carboxylic acids is 1. The molecule has 4 rings (SSSR count). The molecule has 2 aliphatic rings. The van der Waals surface area contributed by atoms with E-state index in [9.17, 15) is 14.3 Å². The Morgan fingerprint density at radius 3 is 2.43 bits per heavy atom. The molecule has 7 heteroatoms. The summed E-state index contributed by atoms with van der Waals surface area (Å²) in [5.74, 6) is -0.240. The number of anilines is 1. The van der Waals surface area contributed by atoms with Gasteiger partial charge in [-0.1, -0.05) is 0 Å². The van der Waals surface area contributed by atoms with Gasteiger partial charge in [0.2, 0.25) is 0 Å². The Morgan fingerprint density at radius 2 is 1.79 bits per heavy atom. The molecule has 0 saturated carbocycles. The third kappa shape index (κ3) is 3.29. The summed E-state index contributed by atoms with van der Waals surface area (Å²) in [5.41, 5.74) is 2.31. The number of aliphatic hydroxyl groups is 1. The standard InChI is InChI=1S/C21H27FN4O2/c1-3-24-14-18(20(27)19-17(21(24)28)8-9-23(19)2)26-12-10-25(11-13-26)16-6-4-15(22)5-7-16/h4-9,18,20,27H,3,10-14H2,1-2H3. The molecule has 28 heavy (non-hydrogen) atoms. The van der Waals surface area contributed by atoms with Crippen LogP contribution < -0.4 is 4.90 Å². The fourth-order valence-electron chi connectivity index (χ4n) is 4.40. The number of fused-ring (bicyclic) bond motifs is 1. The Balaban J connectivity index is 1.53. The topological polar surface area (TPSA) is 52.0 Å². The van der Waals surface area contributed by atoms with E-state index in [1.165, 1.54) is 12.1 Å². The molecule has 0 spiro atoms. The van der Waals surface area contributed by atoms with E-state index in [2.05, 4.69) is 9.80 Å². The second-order valence-corrected chi connectivity index (χ2v) is 7.58. The number of nitrogens with zero attached hydrogens (tertiary/aromatic N) is 4. The molecule has 0 bridgehead atoms. The summed E-state index contributed by atoms with van der Waals surface area (Å²) < 4.78 is 15.0. The van der Waals surface area contributed by atoms with E-state index in [0.29, 0.717) is 24.3 Å². The normalized spacial score (nSPS) is 23.6. The van der Waals surface area contributed by atoms with Crippen LogP contribution in [-0.2, 0) is 7.05 Å². The third-order valence-electron chi connectivity index (χ3n) is 6.05. The summed E-state index contributed by atoms with van der Waals surface area (Å²) >= 11 is 0. The minimum Gasteiger partial charge on any atom is -0.385 e. The number of halogens is 1. The van der Waals surface area contributed by atoms with Gasteiger partial charge in [-0.25, -0.2) is 4.39 Å². The molecule has 0 radical (unpaired) electrons. The van der Waals surface area contributed by atoms with E-state index < -0.39 is 6.10 Å². The minimum absolute atomic E-state index is 0.00963. The molecular weight excluding hydrogens is 359 g/mol. The number of benzene rings is 1. The van der Waals surface area contributed by atoms with Crippen LogP contribution in [0, 0.1) is 5.82 Å². The first-order valence-electron chi connectivity index (χ1n) is 9.86. The van der Waals surface area contributed by atoms with Crippen LogP contribution in [0.5, 0.6) is 0 Å². The van der Waals surface area contributed by atoms with E-state index in [-0.39, 0.29) is 17.8 Å². The number of carbonyl (C=O) groups is 1. The molecule has 1 aromatic carbocycles. The van der Waals surface area contributed by atoms with Crippen molar-refractivity contribution in [3.8, 4) is 0 Å². The van der Waals surface area contributed by atoms with Crippen molar-refractivity contribution in [1.29, 1.82) is 0 Å². The number of likely N-dealkylation sites (N-methyl/N-ethyl adjacent to an activating group) is 1. The Hall–Kier alpha value is -2.38. The molecule has 2 aromatic rings. The molecule has 150 valence electrons. The van der Waals surface area contributed by atoms with Crippen molar-refractivity contribution < 1.29 is 14.3 Å². The van der Waals surface area contributed by atoms with Gasteiger partial charge in [-0.15, -0.1) is 0 Å². The monoisotopic (exact) mass is 386 g/mol. The van der Waals surface area contributed by atoms with Crippen molar-refractivity contribution in [2.75, 3.05) is 44.2 Å². The molecule has 2 unspecified atom stereocenters. The van der Waals surface area contributed by atoms with Gasteiger partial charge >= 0.3 is 0 Å². The van der Waals surface area contributed by atoms with Crippen LogP contribution in [0.15, 0.2) is 36.5 Å². The van der Waals surface area contributed by atoms with Crippen molar-refractivity contribution in [3.63, 3.8) is 0 Å². The number of hydrogen-bond donors (Lipinski definition) is 1. The first-order valence-corrected chi connectivity index (χ1v) is 9.86. The number of aliphatic hydroxyl groups excluding tert-OH is 1. The van der Waals surface area contributed by atoms with Gasteiger partial charge in [-0.3, -0.25) is 9.69 Å². The maximum absolute atomic E-state index is 13.2. The van der Waals surface area contributed by atoms with Gasteiger partial charge in [0.05, 0.1) is 17.3 Å². The summed E-state index contributed by atoms with van der Waals surface area (Å²) in [5, 5.41) is 11.2. The summed E-state index contributed by atoms with van der Waals surface area (Å²) in [7, 11) is 1.88. The molecule has 6 nitrogen and oxygen atoms in total. The van der Waals surface area contributed by atoms with Gasteiger partial charge in [-0.2, -0.15) is 0 Å². The fourth-order valence-corrected chi connectivity index (χ4v) is 4.40. The largest absolute Gasteiger partial charge is 0.385 e. The number of amides is 1. The number of piperazine rings is 1. The molecule has 1 saturated heterocycles. The van der Waals surface area contributed by atoms with E-state index in [4.69, 9.17) is 0 Å². The highest BCUT2D eigenvalue weighted by atomic mass is 19.1. The first-order chi connectivity index (χ1) is 13.5. The SMILES string of the molecule is CCN1CC(N2CCN(c3ccc(F)cc3)CC2)C(O)c2c(ccn2C)C1=O. The van der Waals surface area contributed by atoms with Crippen LogP contribution in [0.2, 0.25) is 0 Å². The fraction of sp³-hybridized carbons (Fsp3) is 0.476. The lowest BCUT2D eigenvalue weighted by Crippen LogP contribution is -2.55. The highest BCUT2D eigenvalue weighted by molar-refractivity contribution is 5.96. The maximum Gasteiger partial charge on any atom is 0.255 e. The zero-order valence-electron chi connectivity index (χ0n) is 16.4. The predicted molar refractivity (Wildman–Crippen MR) is 106 cm³/mol. The number of rotatable bonds is 3. The maximum atomic E-state index is 13.2. The van der Waals surface area contributed by atoms with Gasteiger partial charge in [0.15, 0.2) is 0 Å². The van der Waals surface area contributed by atoms with Crippen LogP contribution in [-0.4, -0.2) is 70.7 Å². The number of aryl methyl sites for hydroxylation is 1. The van der Waals surface area contributed by atoms with Crippen molar-refractivity contribution >= 4 is 11.6 Å². The second kappa shape index (κ2) is 7.56. The second-order valence-electron chi connectivity index (χ2n) is 7.58. The summed E-state index contributed by atoms with van der Waals surface area (Å²) in [6.45, 7) is 6.27. The molecule has 1 fully saturated rings. The van der Waals surface area contributed by atoms with Crippen molar-refractivity contribution in [3.05, 3.63) is 53.6 Å². The average Bonchev–Trinajstić information content (AvgIpc) is 3.05. The predicted octanol–water partition coefficient (Wildman–Crippen LogP) is 1.86. The van der Waals surface area contributed by atoms with Crippen molar-refractivity contribution in [1.82, 2.24) is 14.4 Å². The number of aromatic nitrogens is 1. The van der Waals surface area contributed by atoms with Gasteiger partial charge in [0.1, 0.15) is 11.9 Å². The van der Waals surface area contributed by atoms with Gasteiger partial charge < -0.3 is 19.5 Å². The third-order valence-corrected chi connectivity index (χ3v) is 6.05. The zero-order valence-corrected chi connectivity index (χ0v) is 16.4. The smallest absolute Gasteiger partial charge is 0.255 e. The van der Waals surface area contributed by atoms with Crippen LogP contribution in [0.3, 0.4) is 0 Å². The van der Waals surface area contributed by atoms with Crippen molar-refractivity contribution in [2.45, 2.75) is 19.1 Å². The van der Waals surface area contributed by atoms with E-state index in [1.807, 2.05) is 29.6 Å². The Bertz CT molecular complexity index is 843. The summed E-state index contributed by atoms with van der Waals surface area (Å²) in [6, 6.07) is 8.24. The zero-order chi connectivity index (χ0) is 19.8. The van der Waals surface area contributed by atoms with E-state index in [1.54, 1.807) is 18.2 Å². The van der Waals surface area contributed by atoms with E-state index >= 15 is 0 Å². The van der Waals surface area contributed by atoms with Crippen LogP contribution >= 0.6 is 0 Å². The molecule has 1 aromatic heterocycles. The molecule has 2 aliphatic heterocycles. The van der Waals surface area contributed by atoms with Crippen LogP contribution in [0.25, 0.3) is 0 Å². The lowest BCUT2D eigenvalue weighted by molar-refractivity contribution is 0.0255. The summed E-state index contributed by atoms with van der Waals surface area (Å²) in [4.78, 5) is 19.2. The van der Waals surface area contributed by atoms with Gasteiger partial charge in [-0.05, 0) is 37.3 Å². The Labute approximate surface area is 164 Å². The Morgan fingerprint density at radius 1 is 1.11 bits per heavy atom. The molecule has 0 aliphatic carbocycles. The Kier molecular flexibility index (Phi) is 5.12. The molecule has 2 atom stereocenters.